The summed E-state index contributed by atoms with van der Waals surface area (Å²) in [7, 11) is -3.11. The van der Waals surface area contributed by atoms with Gasteiger partial charge in [0.05, 0.1) is 5.75 Å². The second kappa shape index (κ2) is 8.22. The van der Waals surface area contributed by atoms with Gasteiger partial charge in [-0.25, -0.2) is 13.1 Å². The second-order valence-corrected chi connectivity index (χ2v) is 8.12. The molecular weight excluding hydrogens is 260 g/mol. The first kappa shape index (κ1) is 16.9. The Labute approximate surface area is 118 Å². The summed E-state index contributed by atoms with van der Waals surface area (Å²) in [6, 6.07) is 0.0606. The summed E-state index contributed by atoms with van der Waals surface area (Å²) in [5.41, 5.74) is 0. The van der Waals surface area contributed by atoms with Gasteiger partial charge in [-0.05, 0) is 51.1 Å². The molecule has 2 N–H and O–H groups in total. The number of piperidine rings is 1. The SMILES string of the molecule is CC(C)CCCC(C)NS(=O)(=O)CC1CCNCC1. The monoisotopic (exact) mass is 290 g/mol. The number of nitrogens with one attached hydrogen (secondary N) is 2. The lowest BCUT2D eigenvalue weighted by molar-refractivity contribution is 0.398. The summed E-state index contributed by atoms with van der Waals surface area (Å²) in [4.78, 5) is 0. The Morgan fingerprint density at radius 1 is 1.16 bits per heavy atom. The van der Waals surface area contributed by atoms with Crippen LogP contribution in [-0.4, -0.2) is 33.3 Å². The summed E-state index contributed by atoms with van der Waals surface area (Å²) in [6.07, 6.45) is 5.14. The molecule has 0 bridgehead atoms. The van der Waals surface area contributed by atoms with Crippen molar-refractivity contribution < 1.29 is 8.42 Å². The molecule has 4 nitrogen and oxygen atoms in total. The molecule has 19 heavy (non-hydrogen) atoms. The van der Waals surface area contributed by atoms with Gasteiger partial charge >= 0.3 is 0 Å². The van der Waals surface area contributed by atoms with Crippen molar-refractivity contribution in [2.45, 2.75) is 58.9 Å². The minimum Gasteiger partial charge on any atom is -0.317 e. The Hall–Kier alpha value is -0.130. The topological polar surface area (TPSA) is 58.2 Å². The zero-order chi connectivity index (χ0) is 14.3. The molecule has 1 fully saturated rings. The quantitative estimate of drug-likeness (QED) is 0.720. The molecule has 0 aromatic carbocycles. The highest BCUT2D eigenvalue weighted by Gasteiger charge is 2.22. The molecule has 0 spiro atoms. The van der Waals surface area contributed by atoms with E-state index >= 15 is 0 Å². The molecule has 0 amide bonds. The van der Waals surface area contributed by atoms with E-state index in [2.05, 4.69) is 23.9 Å². The lowest BCUT2D eigenvalue weighted by Gasteiger charge is -2.23. The van der Waals surface area contributed by atoms with Gasteiger partial charge in [-0.2, -0.15) is 0 Å². The van der Waals surface area contributed by atoms with Crippen molar-refractivity contribution in [2.75, 3.05) is 18.8 Å². The molecule has 0 aliphatic carbocycles. The predicted octanol–water partition coefficient (Wildman–Crippen LogP) is 2.12. The Bertz CT molecular complexity index is 335. The highest BCUT2D eigenvalue weighted by Crippen LogP contribution is 2.14. The number of hydrogen-bond donors (Lipinski definition) is 2. The van der Waals surface area contributed by atoms with E-state index in [9.17, 15) is 8.42 Å². The summed E-state index contributed by atoms with van der Waals surface area (Å²) < 4.78 is 27.0. The van der Waals surface area contributed by atoms with Crippen LogP contribution in [0, 0.1) is 11.8 Å². The van der Waals surface area contributed by atoms with Crippen LogP contribution in [0.15, 0.2) is 0 Å². The molecule has 1 aliphatic heterocycles. The standard InChI is InChI=1S/C14H30N2O2S/c1-12(2)5-4-6-13(3)16-19(17,18)11-14-7-9-15-10-8-14/h12-16H,4-11H2,1-3H3. The van der Waals surface area contributed by atoms with Crippen molar-refractivity contribution in [2.24, 2.45) is 11.8 Å². The number of hydrogen-bond acceptors (Lipinski definition) is 3. The third-order valence-corrected chi connectivity index (χ3v) is 5.38. The van der Waals surface area contributed by atoms with Crippen LogP contribution in [0.25, 0.3) is 0 Å². The fraction of sp³-hybridized carbons (Fsp3) is 1.00. The van der Waals surface area contributed by atoms with Crippen LogP contribution < -0.4 is 10.0 Å². The first-order chi connectivity index (χ1) is 8.89. The van der Waals surface area contributed by atoms with Crippen molar-refractivity contribution in [3.8, 4) is 0 Å². The maximum absolute atomic E-state index is 12.1. The van der Waals surface area contributed by atoms with Gasteiger partial charge in [0.1, 0.15) is 0 Å². The lowest BCUT2D eigenvalue weighted by Crippen LogP contribution is -2.39. The van der Waals surface area contributed by atoms with Crippen molar-refractivity contribution in [1.29, 1.82) is 0 Å². The molecule has 1 unspecified atom stereocenters. The summed E-state index contributed by atoms with van der Waals surface area (Å²) in [6.45, 7) is 8.27. The normalized spacial score (nSPS) is 19.8. The largest absolute Gasteiger partial charge is 0.317 e. The van der Waals surface area contributed by atoms with Gasteiger partial charge in [0, 0.05) is 6.04 Å². The molecule has 1 heterocycles. The lowest BCUT2D eigenvalue weighted by atomic mass is 10.0. The van der Waals surface area contributed by atoms with Gasteiger partial charge in [-0.15, -0.1) is 0 Å². The zero-order valence-corrected chi connectivity index (χ0v) is 13.4. The molecule has 5 heteroatoms. The molecule has 1 aliphatic rings. The zero-order valence-electron chi connectivity index (χ0n) is 12.6. The average molecular weight is 290 g/mol. The molecule has 1 atom stereocenters. The van der Waals surface area contributed by atoms with E-state index in [4.69, 9.17) is 0 Å². The summed E-state index contributed by atoms with van der Waals surface area (Å²) in [5.74, 6) is 1.31. The number of sulfonamides is 1. The second-order valence-electron chi connectivity index (χ2n) is 6.32. The Morgan fingerprint density at radius 2 is 1.79 bits per heavy atom. The summed E-state index contributed by atoms with van der Waals surface area (Å²) in [5, 5.41) is 3.26. The summed E-state index contributed by atoms with van der Waals surface area (Å²) >= 11 is 0. The van der Waals surface area contributed by atoms with Gasteiger partial charge in [0.2, 0.25) is 10.0 Å². The molecule has 114 valence electrons. The van der Waals surface area contributed by atoms with Crippen LogP contribution in [0.2, 0.25) is 0 Å². The fourth-order valence-corrected chi connectivity index (χ4v) is 4.39. The van der Waals surface area contributed by atoms with Gasteiger partial charge in [-0.1, -0.05) is 26.7 Å². The smallest absolute Gasteiger partial charge is 0.212 e. The van der Waals surface area contributed by atoms with E-state index in [0.717, 1.165) is 38.8 Å². The van der Waals surface area contributed by atoms with Gasteiger partial charge in [-0.3, -0.25) is 0 Å². The molecular formula is C14H30N2O2S. The fourth-order valence-electron chi connectivity index (χ4n) is 2.60. The molecule has 0 saturated carbocycles. The minimum absolute atomic E-state index is 0.0606. The van der Waals surface area contributed by atoms with Gasteiger partial charge < -0.3 is 5.32 Å². The third-order valence-electron chi connectivity index (χ3n) is 3.71. The predicted molar refractivity (Wildman–Crippen MR) is 80.7 cm³/mol. The highest BCUT2D eigenvalue weighted by atomic mass is 32.2. The van der Waals surface area contributed by atoms with Crippen LogP contribution in [0.5, 0.6) is 0 Å². The molecule has 1 rings (SSSR count). The van der Waals surface area contributed by atoms with Gasteiger partial charge in [0.15, 0.2) is 0 Å². The van der Waals surface area contributed by atoms with E-state index in [1.165, 1.54) is 6.42 Å². The Balaban J connectivity index is 2.28. The first-order valence-corrected chi connectivity index (χ1v) is 9.25. The van der Waals surface area contributed by atoms with Crippen molar-refractivity contribution in [1.82, 2.24) is 10.0 Å². The molecule has 0 radical (unpaired) electrons. The maximum atomic E-state index is 12.1. The maximum Gasteiger partial charge on any atom is 0.212 e. The van der Waals surface area contributed by atoms with Crippen LogP contribution in [-0.2, 0) is 10.0 Å². The van der Waals surface area contributed by atoms with E-state index in [-0.39, 0.29) is 6.04 Å². The van der Waals surface area contributed by atoms with Crippen molar-refractivity contribution in [3.05, 3.63) is 0 Å². The van der Waals surface area contributed by atoms with E-state index < -0.39 is 10.0 Å². The molecule has 0 aromatic heterocycles. The number of rotatable bonds is 8. The Morgan fingerprint density at radius 3 is 2.37 bits per heavy atom. The molecule has 0 aromatic rings. The van der Waals surface area contributed by atoms with Crippen LogP contribution in [0.4, 0.5) is 0 Å². The highest BCUT2D eigenvalue weighted by molar-refractivity contribution is 7.89. The van der Waals surface area contributed by atoms with Crippen molar-refractivity contribution >= 4 is 10.0 Å². The first-order valence-electron chi connectivity index (χ1n) is 7.60. The van der Waals surface area contributed by atoms with Crippen LogP contribution in [0.1, 0.15) is 52.9 Å². The van der Waals surface area contributed by atoms with Crippen LogP contribution >= 0.6 is 0 Å². The minimum atomic E-state index is -3.11. The van der Waals surface area contributed by atoms with Crippen LogP contribution in [0.3, 0.4) is 0 Å². The van der Waals surface area contributed by atoms with E-state index in [1.807, 2.05) is 6.92 Å². The van der Waals surface area contributed by atoms with E-state index in [0.29, 0.717) is 17.6 Å². The molecule has 1 saturated heterocycles. The Kier molecular flexibility index (Phi) is 7.32. The van der Waals surface area contributed by atoms with Gasteiger partial charge in [0.25, 0.3) is 0 Å². The average Bonchev–Trinajstić information content (AvgIpc) is 2.28. The van der Waals surface area contributed by atoms with E-state index in [1.54, 1.807) is 0 Å². The van der Waals surface area contributed by atoms with Crippen molar-refractivity contribution in [3.63, 3.8) is 0 Å². The third kappa shape index (κ3) is 7.90.